The number of nitrogens with one attached hydrogen (secondary N) is 1. The summed E-state index contributed by atoms with van der Waals surface area (Å²) in [5.74, 6) is -0.732. The number of amides is 2. The largest absolute Gasteiger partial charge is 0.352 e. The Morgan fingerprint density at radius 2 is 1.74 bits per heavy atom. The van der Waals surface area contributed by atoms with Crippen LogP contribution in [0.3, 0.4) is 0 Å². The summed E-state index contributed by atoms with van der Waals surface area (Å²) in [5.41, 5.74) is 2.17. The Hall–Kier alpha value is -2.58. The summed E-state index contributed by atoms with van der Waals surface area (Å²) >= 11 is 6.07. The Kier molecular flexibility index (Phi) is 9.94. The number of halogens is 1. The van der Waals surface area contributed by atoms with Crippen LogP contribution in [0.4, 0.5) is 5.69 Å². The summed E-state index contributed by atoms with van der Waals surface area (Å²) < 4.78 is 26.2. The summed E-state index contributed by atoms with van der Waals surface area (Å²) in [6, 6.07) is 13.2. The lowest BCUT2D eigenvalue weighted by Gasteiger charge is -2.33. The van der Waals surface area contributed by atoms with E-state index in [9.17, 15) is 18.0 Å². The van der Waals surface area contributed by atoms with Gasteiger partial charge in [0, 0.05) is 17.6 Å². The van der Waals surface area contributed by atoms with Crippen LogP contribution in [0.1, 0.15) is 44.7 Å². The number of rotatable bonds is 11. The molecule has 0 unspecified atom stereocenters. The molecule has 34 heavy (non-hydrogen) atoms. The van der Waals surface area contributed by atoms with Gasteiger partial charge < -0.3 is 10.2 Å². The molecule has 2 aromatic rings. The summed E-state index contributed by atoms with van der Waals surface area (Å²) in [7, 11) is -3.79. The van der Waals surface area contributed by atoms with E-state index in [1.165, 1.54) is 11.0 Å². The maximum Gasteiger partial charge on any atom is 0.244 e. The van der Waals surface area contributed by atoms with Gasteiger partial charge in [-0.05, 0) is 50.5 Å². The predicted molar refractivity (Wildman–Crippen MR) is 137 cm³/mol. The predicted octanol–water partition coefficient (Wildman–Crippen LogP) is 4.14. The fourth-order valence-corrected chi connectivity index (χ4v) is 4.64. The molecule has 0 fully saturated rings. The van der Waals surface area contributed by atoms with Crippen LogP contribution in [0.25, 0.3) is 0 Å². The van der Waals surface area contributed by atoms with Crippen LogP contribution in [-0.2, 0) is 26.2 Å². The van der Waals surface area contributed by atoms with Gasteiger partial charge in [0.05, 0.1) is 11.9 Å². The highest BCUT2D eigenvalue weighted by molar-refractivity contribution is 7.92. The van der Waals surface area contributed by atoms with Crippen molar-refractivity contribution in [2.75, 3.05) is 17.1 Å². The second-order valence-electron chi connectivity index (χ2n) is 8.50. The molecule has 186 valence electrons. The van der Waals surface area contributed by atoms with Gasteiger partial charge in [-0.15, -0.1) is 0 Å². The van der Waals surface area contributed by atoms with E-state index in [0.717, 1.165) is 28.1 Å². The van der Waals surface area contributed by atoms with Crippen LogP contribution >= 0.6 is 11.6 Å². The first-order valence-corrected chi connectivity index (χ1v) is 13.6. The number of hydrogen-bond acceptors (Lipinski definition) is 4. The average Bonchev–Trinajstić information content (AvgIpc) is 2.76. The van der Waals surface area contributed by atoms with Gasteiger partial charge in [-0.25, -0.2) is 8.42 Å². The lowest BCUT2D eigenvalue weighted by molar-refractivity contribution is -0.140. The first kappa shape index (κ1) is 27.7. The first-order valence-electron chi connectivity index (χ1n) is 11.3. The molecule has 0 heterocycles. The van der Waals surface area contributed by atoms with Crippen molar-refractivity contribution in [3.05, 3.63) is 64.7 Å². The minimum atomic E-state index is -3.79. The molecular formula is C25H34ClN3O4S. The zero-order chi connectivity index (χ0) is 25.5. The standard InChI is InChI=1S/C25H34ClN3O4S/c1-6-19(4)27-25(31)23(7-2)28(16-20-11-8-10-18(3)14-20)24(30)17-29(34(5,32)33)22-13-9-12-21(26)15-22/h8-15,19,23H,6-7,16-17H2,1-5H3,(H,27,31)/t19-,23+/m0/s1. The highest BCUT2D eigenvalue weighted by Gasteiger charge is 2.32. The summed E-state index contributed by atoms with van der Waals surface area (Å²) in [6.07, 6.45) is 2.18. The second kappa shape index (κ2) is 12.2. The van der Waals surface area contributed by atoms with Crippen LogP contribution < -0.4 is 9.62 Å². The molecule has 2 amide bonds. The minimum absolute atomic E-state index is 0.0450. The molecule has 0 radical (unpaired) electrons. The van der Waals surface area contributed by atoms with E-state index in [2.05, 4.69) is 5.32 Å². The number of anilines is 1. The SMILES string of the molecule is CC[C@H](C(=O)N[C@@H](C)CC)N(Cc1cccc(C)c1)C(=O)CN(c1cccc(Cl)c1)S(C)(=O)=O. The number of carbonyl (C=O) groups is 2. The molecule has 0 aromatic heterocycles. The van der Waals surface area contributed by atoms with Crippen molar-refractivity contribution in [2.45, 2.75) is 59.2 Å². The van der Waals surface area contributed by atoms with Crippen molar-refractivity contribution in [3.8, 4) is 0 Å². The molecule has 0 aliphatic heterocycles. The number of aryl methyl sites for hydroxylation is 1. The fourth-order valence-electron chi connectivity index (χ4n) is 3.61. The van der Waals surface area contributed by atoms with E-state index in [4.69, 9.17) is 11.6 Å². The van der Waals surface area contributed by atoms with Crippen molar-refractivity contribution in [2.24, 2.45) is 0 Å². The zero-order valence-corrected chi connectivity index (χ0v) is 22.0. The van der Waals surface area contributed by atoms with Gasteiger partial charge >= 0.3 is 0 Å². The molecular weight excluding hydrogens is 474 g/mol. The lowest BCUT2D eigenvalue weighted by atomic mass is 10.1. The smallest absolute Gasteiger partial charge is 0.244 e. The Balaban J connectivity index is 2.44. The summed E-state index contributed by atoms with van der Waals surface area (Å²) in [5, 5.41) is 3.31. The van der Waals surface area contributed by atoms with Gasteiger partial charge in [0.25, 0.3) is 0 Å². The zero-order valence-electron chi connectivity index (χ0n) is 20.4. The number of carbonyl (C=O) groups excluding carboxylic acids is 2. The first-order chi connectivity index (χ1) is 16.0. The second-order valence-corrected chi connectivity index (χ2v) is 10.8. The van der Waals surface area contributed by atoms with Crippen molar-refractivity contribution in [1.29, 1.82) is 0 Å². The van der Waals surface area contributed by atoms with Crippen molar-refractivity contribution in [1.82, 2.24) is 10.2 Å². The molecule has 1 N–H and O–H groups in total. The van der Waals surface area contributed by atoms with Crippen molar-refractivity contribution >= 4 is 39.1 Å². The third kappa shape index (κ3) is 7.74. The van der Waals surface area contributed by atoms with E-state index in [1.807, 2.05) is 52.0 Å². The Bertz CT molecular complexity index is 1110. The quantitative estimate of drug-likeness (QED) is 0.495. The monoisotopic (exact) mass is 507 g/mol. The van der Waals surface area contributed by atoms with E-state index >= 15 is 0 Å². The highest BCUT2D eigenvalue weighted by Crippen LogP contribution is 2.23. The van der Waals surface area contributed by atoms with Crippen LogP contribution in [0.15, 0.2) is 48.5 Å². The average molecular weight is 508 g/mol. The molecule has 0 aliphatic rings. The van der Waals surface area contributed by atoms with Crippen LogP contribution in [0, 0.1) is 6.92 Å². The number of hydrogen-bond donors (Lipinski definition) is 1. The number of nitrogens with zero attached hydrogens (tertiary/aromatic N) is 2. The van der Waals surface area contributed by atoms with Gasteiger partial charge in [0.2, 0.25) is 21.8 Å². The van der Waals surface area contributed by atoms with Crippen LogP contribution in [-0.4, -0.2) is 50.0 Å². The molecule has 0 saturated heterocycles. The van der Waals surface area contributed by atoms with Gasteiger partial charge in [-0.3, -0.25) is 13.9 Å². The van der Waals surface area contributed by atoms with Gasteiger partial charge in [-0.2, -0.15) is 0 Å². The van der Waals surface area contributed by atoms with E-state index in [-0.39, 0.29) is 24.2 Å². The number of sulfonamides is 1. The Morgan fingerprint density at radius 3 is 2.29 bits per heavy atom. The summed E-state index contributed by atoms with van der Waals surface area (Å²) in [4.78, 5) is 28.2. The van der Waals surface area contributed by atoms with Crippen molar-refractivity contribution in [3.63, 3.8) is 0 Å². The van der Waals surface area contributed by atoms with Gasteiger partial charge in [0.15, 0.2) is 0 Å². The molecule has 0 aliphatic carbocycles. The molecule has 0 spiro atoms. The fraction of sp³-hybridized carbons (Fsp3) is 0.440. The van der Waals surface area contributed by atoms with Crippen LogP contribution in [0.2, 0.25) is 5.02 Å². The minimum Gasteiger partial charge on any atom is -0.352 e. The molecule has 9 heteroatoms. The van der Waals surface area contributed by atoms with E-state index in [1.54, 1.807) is 18.2 Å². The maximum atomic E-state index is 13.6. The molecule has 2 atom stereocenters. The van der Waals surface area contributed by atoms with Gasteiger partial charge in [-0.1, -0.05) is 61.3 Å². The maximum absolute atomic E-state index is 13.6. The Labute approximate surface area is 208 Å². The Morgan fingerprint density at radius 1 is 1.06 bits per heavy atom. The van der Waals surface area contributed by atoms with E-state index in [0.29, 0.717) is 11.4 Å². The molecule has 2 rings (SSSR count). The third-order valence-electron chi connectivity index (χ3n) is 5.60. The topological polar surface area (TPSA) is 86.8 Å². The van der Waals surface area contributed by atoms with Crippen LogP contribution in [0.5, 0.6) is 0 Å². The highest BCUT2D eigenvalue weighted by atomic mass is 35.5. The lowest BCUT2D eigenvalue weighted by Crippen LogP contribution is -2.53. The molecule has 7 nitrogen and oxygen atoms in total. The third-order valence-corrected chi connectivity index (χ3v) is 6.97. The number of benzene rings is 2. The summed E-state index contributed by atoms with van der Waals surface area (Å²) in [6.45, 7) is 7.40. The molecule has 0 saturated carbocycles. The van der Waals surface area contributed by atoms with Crippen molar-refractivity contribution < 1.29 is 18.0 Å². The molecule has 2 aromatic carbocycles. The van der Waals surface area contributed by atoms with Gasteiger partial charge in [0.1, 0.15) is 12.6 Å². The van der Waals surface area contributed by atoms with E-state index < -0.39 is 28.5 Å². The normalized spacial score (nSPS) is 13.1. The molecule has 0 bridgehead atoms.